The van der Waals surface area contributed by atoms with Crippen LogP contribution in [0.3, 0.4) is 0 Å². The molecular weight excluding hydrogens is 237 g/mol. The van der Waals surface area contributed by atoms with E-state index in [1.165, 1.54) is 12.1 Å². The highest BCUT2D eigenvalue weighted by Gasteiger charge is 2.28. The number of hydrogen-bond donors (Lipinski definition) is 2. The molecule has 0 spiro atoms. The summed E-state index contributed by atoms with van der Waals surface area (Å²) in [5.41, 5.74) is 0.598. The van der Waals surface area contributed by atoms with Crippen molar-refractivity contribution in [1.29, 1.82) is 0 Å². The molecule has 4 nitrogen and oxygen atoms in total. The quantitative estimate of drug-likeness (QED) is 0.864. The van der Waals surface area contributed by atoms with Crippen LogP contribution < -0.4 is 0 Å². The maximum absolute atomic E-state index is 13.1. The number of nitrogens with zero attached hydrogens (tertiary/aromatic N) is 1. The van der Waals surface area contributed by atoms with Gasteiger partial charge in [0.15, 0.2) is 0 Å². The smallest absolute Gasteiger partial charge is 0.320 e. The van der Waals surface area contributed by atoms with Crippen LogP contribution in [-0.4, -0.2) is 33.7 Å². The Bertz CT molecular complexity index is 430. The number of benzene rings is 1. The van der Waals surface area contributed by atoms with Gasteiger partial charge >= 0.3 is 5.97 Å². The number of aliphatic carboxylic acids is 1. The van der Waals surface area contributed by atoms with E-state index < -0.39 is 17.8 Å². The van der Waals surface area contributed by atoms with Crippen molar-refractivity contribution in [3.05, 3.63) is 29.6 Å². The van der Waals surface area contributed by atoms with Crippen LogP contribution >= 0.6 is 0 Å². The van der Waals surface area contributed by atoms with Gasteiger partial charge in [-0.15, -0.1) is 0 Å². The lowest BCUT2D eigenvalue weighted by molar-refractivity contribution is -0.144. The molecule has 1 heterocycles. The highest BCUT2D eigenvalue weighted by Crippen LogP contribution is 2.22. The zero-order valence-electron chi connectivity index (χ0n) is 9.97. The van der Waals surface area contributed by atoms with Crippen LogP contribution in [0, 0.1) is 5.82 Å². The summed E-state index contributed by atoms with van der Waals surface area (Å²) in [4.78, 5) is 12.9. The number of hydrogen-bond acceptors (Lipinski definition) is 3. The maximum Gasteiger partial charge on any atom is 0.320 e. The Hall–Kier alpha value is -1.62. The van der Waals surface area contributed by atoms with Crippen molar-refractivity contribution in [2.75, 3.05) is 6.54 Å². The van der Waals surface area contributed by atoms with Gasteiger partial charge in [0.1, 0.15) is 17.6 Å². The summed E-state index contributed by atoms with van der Waals surface area (Å²) in [6.07, 6.45) is 2.48. The highest BCUT2D eigenvalue weighted by atomic mass is 19.1. The number of rotatable bonds is 3. The Balaban J connectivity index is 2.13. The lowest BCUT2D eigenvalue weighted by Gasteiger charge is -2.32. The fraction of sp³-hybridized carbons (Fsp3) is 0.462. The minimum absolute atomic E-state index is 0.131. The van der Waals surface area contributed by atoms with Gasteiger partial charge in [0, 0.05) is 12.6 Å². The molecule has 1 aromatic carbocycles. The van der Waals surface area contributed by atoms with Crippen LogP contribution in [0.25, 0.3) is 0 Å². The number of phenols is 1. The van der Waals surface area contributed by atoms with Crippen molar-refractivity contribution in [3.63, 3.8) is 0 Å². The van der Waals surface area contributed by atoms with Gasteiger partial charge in [-0.2, -0.15) is 0 Å². The second-order valence-electron chi connectivity index (χ2n) is 4.64. The fourth-order valence-corrected chi connectivity index (χ4v) is 2.42. The summed E-state index contributed by atoms with van der Waals surface area (Å²) in [5.74, 6) is -1.47. The average Bonchev–Trinajstić information content (AvgIpc) is 2.27. The molecule has 1 aromatic rings. The molecule has 1 aliphatic rings. The Morgan fingerprint density at radius 1 is 1.39 bits per heavy atom. The summed E-state index contributed by atoms with van der Waals surface area (Å²) in [6, 6.07) is 3.32. The van der Waals surface area contributed by atoms with Gasteiger partial charge in [-0.1, -0.05) is 6.42 Å². The third kappa shape index (κ3) is 2.98. The van der Waals surface area contributed by atoms with E-state index in [1.54, 1.807) is 0 Å². The molecule has 2 rings (SSSR count). The molecule has 1 unspecified atom stereocenters. The van der Waals surface area contributed by atoms with E-state index in [2.05, 4.69) is 0 Å². The van der Waals surface area contributed by atoms with Gasteiger partial charge in [0.05, 0.1) is 0 Å². The van der Waals surface area contributed by atoms with Gasteiger partial charge in [-0.25, -0.2) is 4.39 Å². The number of carboxylic acid groups (broad SMARTS) is 1. The van der Waals surface area contributed by atoms with Crippen LogP contribution in [0.4, 0.5) is 4.39 Å². The monoisotopic (exact) mass is 253 g/mol. The molecule has 0 aromatic heterocycles. The summed E-state index contributed by atoms with van der Waals surface area (Å²) >= 11 is 0. The second-order valence-corrected chi connectivity index (χ2v) is 4.64. The Labute approximate surface area is 105 Å². The number of carbonyl (C=O) groups is 1. The topological polar surface area (TPSA) is 60.8 Å². The van der Waals surface area contributed by atoms with Gasteiger partial charge in [0.2, 0.25) is 0 Å². The van der Waals surface area contributed by atoms with Crippen LogP contribution in [0.15, 0.2) is 18.2 Å². The molecule has 0 radical (unpaired) electrons. The molecule has 1 fully saturated rings. The predicted octanol–water partition coefficient (Wildman–Crippen LogP) is 1.97. The van der Waals surface area contributed by atoms with Crippen LogP contribution in [-0.2, 0) is 11.3 Å². The van der Waals surface area contributed by atoms with Gasteiger partial charge in [-0.05, 0) is 37.1 Å². The first kappa shape index (κ1) is 12.8. The number of phenolic OH excluding ortho intramolecular Hbond substituents is 1. The molecule has 18 heavy (non-hydrogen) atoms. The van der Waals surface area contributed by atoms with Crippen LogP contribution in [0.1, 0.15) is 24.8 Å². The largest absolute Gasteiger partial charge is 0.508 e. The molecule has 2 N–H and O–H groups in total. The minimum atomic E-state index is -0.838. The maximum atomic E-state index is 13.1. The van der Waals surface area contributed by atoms with E-state index in [0.717, 1.165) is 18.9 Å². The SMILES string of the molecule is O=C(O)C1CCCCN1Cc1cc(O)cc(F)c1. The normalized spacial score (nSPS) is 20.8. The van der Waals surface area contributed by atoms with E-state index in [1.807, 2.05) is 4.90 Å². The third-order valence-electron chi connectivity index (χ3n) is 3.23. The van der Waals surface area contributed by atoms with Gasteiger partial charge in [-0.3, -0.25) is 9.69 Å². The van der Waals surface area contributed by atoms with Crippen molar-refractivity contribution in [2.24, 2.45) is 0 Å². The van der Waals surface area contributed by atoms with Crippen LogP contribution in [0.5, 0.6) is 5.75 Å². The molecule has 1 aliphatic heterocycles. The Morgan fingerprint density at radius 3 is 2.83 bits per heavy atom. The average molecular weight is 253 g/mol. The molecule has 98 valence electrons. The number of aromatic hydroxyl groups is 1. The van der Waals surface area contributed by atoms with Crippen LogP contribution in [0.2, 0.25) is 0 Å². The van der Waals surface area contributed by atoms with Gasteiger partial charge in [0.25, 0.3) is 0 Å². The lowest BCUT2D eigenvalue weighted by Crippen LogP contribution is -2.44. The highest BCUT2D eigenvalue weighted by molar-refractivity contribution is 5.73. The van der Waals surface area contributed by atoms with Crippen molar-refractivity contribution in [1.82, 2.24) is 4.90 Å². The summed E-state index contributed by atoms with van der Waals surface area (Å²) < 4.78 is 13.1. The Kier molecular flexibility index (Phi) is 3.81. The van der Waals surface area contributed by atoms with E-state index in [9.17, 15) is 14.3 Å². The summed E-state index contributed by atoms with van der Waals surface area (Å²) in [6.45, 7) is 1.04. The van der Waals surface area contributed by atoms with Crippen molar-refractivity contribution >= 4 is 5.97 Å². The van der Waals surface area contributed by atoms with Gasteiger partial charge < -0.3 is 10.2 Å². The molecule has 5 heteroatoms. The van der Waals surface area contributed by atoms with Crippen molar-refractivity contribution < 1.29 is 19.4 Å². The predicted molar refractivity (Wildman–Crippen MR) is 63.7 cm³/mol. The zero-order chi connectivity index (χ0) is 13.1. The zero-order valence-corrected chi connectivity index (χ0v) is 9.97. The Morgan fingerprint density at radius 2 is 2.17 bits per heavy atom. The van der Waals surface area contributed by atoms with Crippen molar-refractivity contribution in [3.8, 4) is 5.75 Å². The number of likely N-dealkylation sites (tertiary alicyclic amines) is 1. The fourth-order valence-electron chi connectivity index (χ4n) is 2.42. The third-order valence-corrected chi connectivity index (χ3v) is 3.23. The molecule has 1 atom stereocenters. The first-order valence-electron chi connectivity index (χ1n) is 6.01. The second kappa shape index (κ2) is 5.35. The first-order valence-corrected chi connectivity index (χ1v) is 6.01. The molecular formula is C13H16FNO3. The standard InChI is InChI=1S/C13H16FNO3/c14-10-5-9(6-11(16)7-10)8-15-4-2-1-3-12(15)13(17)18/h5-7,12,16H,1-4,8H2,(H,17,18). The van der Waals surface area contributed by atoms with E-state index in [-0.39, 0.29) is 5.75 Å². The summed E-state index contributed by atoms with van der Waals surface area (Å²) in [7, 11) is 0. The van der Waals surface area contributed by atoms with E-state index >= 15 is 0 Å². The molecule has 0 bridgehead atoms. The van der Waals surface area contributed by atoms with E-state index in [4.69, 9.17) is 5.11 Å². The molecule has 0 saturated carbocycles. The first-order chi connectivity index (χ1) is 8.56. The molecule has 1 saturated heterocycles. The summed E-state index contributed by atoms with van der Waals surface area (Å²) in [5, 5.41) is 18.5. The van der Waals surface area contributed by atoms with E-state index in [0.29, 0.717) is 25.1 Å². The molecule has 0 aliphatic carbocycles. The number of halogens is 1. The minimum Gasteiger partial charge on any atom is -0.508 e. The lowest BCUT2D eigenvalue weighted by atomic mass is 10.0. The van der Waals surface area contributed by atoms with Crippen molar-refractivity contribution in [2.45, 2.75) is 31.8 Å². The number of carboxylic acids is 1. The molecule has 0 amide bonds. The number of piperidine rings is 1.